The van der Waals surface area contributed by atoms with Gasteiger partial charge in [-0.2, -0.15) is 0 Å². The van der Waals surface area contributed by atoms with Gasteiger partial charge in [-0.3, -0.25) is 14.4 Å². The number of nitrogens with zero attached hydrogens (tertiary/aromatic N) is 3. The minimum atomic E-state index is -0.560. The first-order chi connectivity index (χ1) is 14.9. The predicted octanol–water partition coefficient (Wildman–Crippen LogP) is 2.47. The van der Waals surface area contributed by atoms with Crippen LogP contribution in [0, 0.1) is 11.7 Å². The van der Waals surface area contributed by atoms with E-state index in [-0.39, 0.29) is 35.4 Å². The molecular formula is C23H27FN4O3. The van der Waals surface area contributed by atoms with Crippen LogP contribution in [-0.4, -0.2) is 51.2 Å². The lowest BCUT2D eigenvalue weighted by atomic mass is 10.0. The van der Waals surface area contributed by atoms with Crippen molar-refractivity contribution in [1.29, 1.82) is 0 Å². The summed E-state index contributed by atoms with van der Waals surface area (Å²) in [6.07, 6.45) is 1.91. The first kappa shape index (κ1) is 21.2. The molecule has 2 aliphatic heterocycles. The number of aromatic amines is 1. The average Bonchev–Trinajstić information content (AvgIpc) is 3.28. The van der Waals surface area contributed by atoms with Crippen molar-refractivity contribution in [3.8, 4) is 0 Å². The van der Waals surface area contributed by atoms with E-state index in [2.05, 4.69) is 9.97 Å². The van der Waals surface area contributed by atoms with Gasteiger partial charge in [0.25, 0.3) is 11.5 Å². The monoisotopic (exact) mass is 426 g/mol. The summed E-state index contributed by atoms with van der Waals surface area (Å²) in [5.41, 5.74) is 0.962. The molecule has 0 saturated carbocycles. The van der Waals surface area contributed by atoms with Gasteiger partial charge in [0, 0.05) is 37.0 Å². The van der Waals surface area contributed by atoms with Gasteiger partial charge in [0.2, 0.25) is 5.91 Å². The van der Waals surface area contributed by atoms with Crippen LogP contribution in [0.25, 0.3) is 0 Å². The van der Waals surface area contributed by atoms with Crippen molar-refractivity contribution >= 4 is 11.8 Å². The molecule has 0 bridgehead atoms. The molecule has 1 saturated heterocycles. The normalized spacial score (nSPS) is 19.3. The summed E-state index contributed by atoms with van der Waals surface area (Å²) in [4.78, 5) is 48.9. The maximum Gasteiger partial charge on any atom is 0.257 e. The average molecular weight is 426 g/mol. The second-order valence-corrected chi connectivity index (χ2v) is 8.41. The summed E-state index contributed by atoms with van der Waals surface area (Å²) in [6, 6.07) is 5.90. The summed E-state index contributed by atoms with van der Waals surface area (Å²) in [5.74, 6) is -0.334. The Hall–Kier alpha value is -3.03. The number of nitrogens with one attached hydrogen (secondary N) is 1. The van der Waals surface area contributed by atoms with E-state index < -0.39 is 11.7 Å². The topological polar surface area (TPSA) is 86.4 Å². The first-order valence-electron chi connectivity index (χ1n) is 10.8. The fourth-order valence-electron chi connectivity index (χ4n) is 4.30. The van der Waals surface area contributed by atoms with Crippen molar-refractivity contribution in [3.63, 3.8) is 0 Å². The van der Waals surface area contributed by atoms with Crippen molar-refractivity contribution in [2.45, 2.75) is 45.6 Å². The molecule has 2 atom stereocenters. The van der Waals surface area contributed by atoms with Crippen molar-refractivity contribution < 1.29 is 14.0 Å². The van der Waals surface area contributed by atoms with Gasteiger partial charge in [0.05, 0.1) is 17.8 Å². The van der Waals surface area contributed by atoms with E-state index in [0.29, 0.717) is 43.1 Å². The fraction of sp³-hybridized carbons (Fsp3) is 0.478. The number of carbonyl (C=O) groups is 2. The Balaban J connectivity index is 1.54. The van der Waals surface area contributed by atoms with E-state index >= 15 is 0 Å². The highest BCUT2D eigenvalue weighted by Crippen LogP contribution is 2.27. The number of aromatic nitrogens is 2. The molecule has 1 fully saturated rings. The lowest BCUT2D eigenvalue weighted by Crippen LogP contribution is -2.40. The van der Waals surface area contributed by atoms with Gasteiger partial charge in [-0.25, -0.2) is 9.37 Å². The lowest BCUT2D eigenvalue weighted by molar-refractivity contribution is -0.134. The summed E-state index contributed by atoms with van der Waals surface area (Å²) >= 11 is 0. The molecule has 31 heavy (non-hydrogen) atoms. The van der Waals surface area contributed by atoms with Crippen LogP contribution in [0.1, 0.15) is 60.0 Å². The minimum absolute atomic E-state index is 0.0194. The number of fused-ring (bicyclic) bond motifs is 1. The van der Waals surface area contributed by atoms with Gasteiger partial charge >= 0.3 is 0 Å². The van der Waals surface area contributed by atoms with Crippen LogP contribution in [0.15, 0.2) is 29.1 Å². The quantitative estimate of drug-likeness (QED) is 0.814. The molecule has 1 aromatic carbocycles. The number of carbonyl (C=O) groups excluding carboxylic acids is 2. The zero-order valence-electron chi connectivity index (χ0n) is 17.9. The Labute approximate surface area is 180 Å². The number of amides is 2. The highest BCUT2D eigenvalue weighted by atomic mass is 19.1. The van der Waals surface area contributed by atoms with Gasteiger partial charge in [0.15, 0.2) is 0 Å². The second kappa shape index (κ2) is 8.61. The Morgan fingerprint density at radius 3 is 2.77 bits per heavy atom. The largest absolute Gasteiger partial charge is 0.342 e. The highest BCUT2D eigenvalue weighted by molar-refractivity contribution is 5.94. The van der Waals surface area contributed by atoms with Crippen LogP contribution in [0.5, 0.6) is 0 Å². The number of hydrogen-bond donors (Lipinski definition) is 1. The van der Waals surface area contributed by atoms with Crippen LogP contribution in [0.4, 0.5) is 4.39 Å². The molecule has 7 nitrogen and oxygen atoms in total. The van der Waals surface area contributed by atoms with Crippen molar-refractivity contribution in [3.05, 3.63) is 63.1 Å². The number of halogens is 1. The summed E-state index contributed by atoms with van der Waals surface area (Å²) in [7, 11) is 0. The van der Waals surface area contributed by atoms with Crippen LogP contribution < -0.4 is 5.56 Å². The molecule has 4 rings (SSSR count). The number of H-pyrrole nitrogens is 1. The van der Waals surface area contributed by atoms with Gasteiger partial charge in [-0.15, -0.1) is 0 Å². The second-order valence-electron chi connectivity index (χ2n) is 8.41. The molecule has 2 aromatic rings. The predicted molar refractivity (Wildman–Crippen MR) is 113 cm³/mol. The Morgan fingerprint density at radius 1 is 1.26 bits per heavy atom. The molecule has 1 N–H and O–H groups in total. The molecule has 2 amide bonds. The zero-order valence-corrected chi connectivity index (χ0v) is 17.9. The van der Waals surface area contributed by atoms with Crippen molar-refractivity contribution in [2.24, 2.45) is 5.92 Å². The van der Waals surface area contributed by atoms with Crippen molar-refractivity contribution in [1.82, 2.24) is 19.8 Å². The highest BCUT2D eigenvalue weighted by Gasteiger charge is 2.32. The summed E-state index contributed by atoms with van der Waals surface area (Å²) in [5, 5.41) is 0. The Kier molecular flexibility index (Phi) is 5.89. The standard InChI is InChI=1S/C23H27FN4O3/c1-3-14(2)22(30)27-10-8-15(12-27)20-25-19-13-28(11-9-17(19)21(29)26-20)23(31)16-6-4-5-7-18(16)24/h4-7,14-15H,3,8-13H2,1-2H3,(H,25,26,29)/t14-,15-/m0/s1. The van der Waals surface area contributed by atoms with Gasteiger partial charge < -0.3 is 14.8 Å². The lowest BCUT2D eigenvalue weighted by Gasteiger charge is -2.28. The van der Waals surface area contributed by atoms with E-state index in [1.807, 2.05) is 18.7 Å². The fourth-order valence-corrected chi connectivity index (χ4v) is 4.30. The zero-order chi connectivity index (χ0) is 22.1. The first-order valence-corrected chi connectivity index (χ1v) is 10.8. The van der Waals surface area contributed by atoms with Crippen LogP contribution in [0.2, 0.25) is 0 Å². The summed E-state index contributed by atoms with van der Waals surface area (Å²) < 4.78 is 14.1. The molecule has 0 aliphatic carbocycles. The third kappa shape index (κ3) is 4.11. The van der Waals surface area contributed by atoms with Crippen LogP contribution >= 0.6 is 0 Å². The molecular weight excluding hydrogens is 399 g/mol. The van der Waals surface area contributed by atoms with Crippen LogP contribution in [0.3, 0.4) is 0 Å². The molecule has 2 aliphatic rings. The number of rotatable bonds is 4. The van der Waals surface area contributed by atoms with E-state index in [9.17, 15) is 18.8 Å². The Bertz CT molecular complexity index is 1070. The number of likely N-dealkylation sites (tertiary alicyclic amines) is 1. The third-order valence-corrected chi connectivity index (χ3v) is 6.40. The van der Waals surface area contributed by atoms with Gasteiger partial charge in [-0.05, 0) is 31.4 Å². The van der Waals surface area contributed by atoms with E-state index in [0.717, 1.165) is 12.8 Å². The van der Waals surface area contributed by atoms with Crippen LogP contribution in [-0.2, 0) is 17.8 Å². The maximum atomic E-state index is 14.1. The molecule has 3 heterocycles. The smallest absolute Gasteiger partial charge is 0.257 e. The van der Waals surface area contributed by atoms with Gasteiger partial charge in [-0.1, -0.05) is 26.0 Å². The molecule has 0 spiro atoms. The SMILES string of the molecule is CC[C@H](C)C(=O)N1CC[C@H](c2nc3c(c(=O)[nH]2)CCN(C(=O)c2ccccc2F)C3)C1. The number of hydrogen-bond acceptors (Lipinski definition) is 4. The minimum Gasteiger partial charge on any atom is -0.342 e. The summed E-state index contributed by atoms with van der Waals surface area (Å²) in [6.45, 7) is 5.60. The maximum absolute atomic E-state index is 14.1. The Morgan fingerprint density at radius 2 is 2.03 bits per heavy atom. The van der Waals surface area contributed by atoms with E-state index in [4.69, 9.17) is 0 Å². The third-order valence-electron chi connectivity index (χ3n) is 6.40. The molecule has 1 aromatic heterocycles. The van der Waals surface area contributed by atoms with Gasteiger partial charge in [0.1, 0.15) is 11.6 Å². The number of benzene rings is 1. The molecule has 0 radical (unpaired) electrons. The van der Waals surface area contributed by atoms with Crippen molar-refractivity contribution in [2.75, 3.05) is 19.6 Å². The van der Waals surface area contributed by atoms with E-state index in [1.165, 1.54) is 17.0 Å². The molecule has 0 unspecified atom stereocenters. The molecule has 8 heteroatoms. The molecule has 164 valence electrons. The van der Waals surface area contributed by atoms with E-state index in [1.54, 1.807) is 12.1 Å².